The van der Waals surface area contributed by atoms with E-state index in [1.807, 2.05) is 37.3 Å². The Bertz CT molecular complexity index is 1180. The molecule has 0 aromatic heterocycles. The normalized spacial score (nSPS) is 11.0. The molecule has 1 amide bonds. The minimum Gasteiger partial charge on any atom is -0.452 e. The number of anilines is 1. The van der Waals surface area contributed by atoms with Crippen molar-refractivity contribution in [1.82, 2.24) is 4.72 Å². The molecule has 0 heterocycles. The number of ether oxygens (including phenoxy) is 1. The Kier molecular flexibility index (Phi) is 7.75. The number of carbonyl (C=O) groups excluding carboxylic acids is 2. The molecule has 0 spiro atoms. The molecule has 0 radical (unpaired) electrons. The number of esters is 1. The quantitative estimate of drug-likeness (QED) is 0.484. The zero-order chi connectivity index (χ0) is 23.0. The van der Waals surface area contributed by atoms with Crippen molar-refractivity contribution in [2.24, 2.45) is 0 Å². The van der Waals surface area contributed by atoms with Gasteiger partial charge in [-0.15, -0.1) is 0 Å². The Balaban J connectivity index is 1.57. The molecular weight excluding hydrogens is 428 g/mol. The molecule has 0 unspecified atom stereocenters. The molecule has 32 heavy (non-hydrogen) atoms. The number of benzene rings is 3. The molecule has 3 rings (SSSR count). The minimum atomic E-state index is -3.83. The lowest BCUT2D eigenvalue weighted by molar-refractivity contribution is -0.119. The second-order valence-electron chi connectivity index (χ2n) is 7.01. The lowest BCUT2D eigenvalue weighted by atomic mass is 10.1. The highest BCUT2D eigenvalue weighted by atomic mass is 32.2. The van der Waals surface area contributed by atoms with E-state index in [1.54, 1.807) is 24.3 Å². The van der Waals surface area contributed by atoms with Crippen LogP contribution in [0.15, 0.2) is 83.8 Å². The number of carbonyl (C=O) groups is 2. The molecule has 0 bridgehead atoms. The van der Waals surface area contributed by atoms with Crippen LogP contribution in [0.4, 0.5) is 5.69 Å². The van der Waals surface area contributed by atoms with Gasteiger partial charge in [0.2, 0.25) is 10.0 Å². The van der Waals surface area contributed by atoms with Gasteiger partial charge in [-0.1, -0.05) is 55.5 Å². The van der Waals surface area contributed by atoms with Gasteiger partial charge in [0, 0.05) is 12.2 Å². The Labute approximate surface area is 187 Å². The lowest BCUT2D eigenvalue weighted by Gasteiger charge is -2.09. The van der Waals surface area contributed by atoms with Crippen LogP contribution in [-0.2, 0) is 32.5 Å². The number of rotatable bonds is 9. The first-order valence-electron chi connectivity index (χ1n) is 10.1. The van der Waals surface area contributed by atoms with Crippen molar-refractivity contribution in [2.45, 2.75) is 24.8 Å². The van der Waals surface area contributed by atoms with Gasteiger partial charge < -0.3 is 10.1 Å². The average Bonchev–Trinajstić information content (AvgIpc) is 2.82. The zero-order valence-electron chi connectivity index (χ0n) is 17.6. The highest BCUT2D eigenvalue weighted by molar-refractivity contribution is 7.89. The van der Waals surface area contributed by atoms with Crippen molar-refractivity contribution in [3.8, 4) is 0 Å². The van der Waals surface area contributed by atoms with Gasteiger partial charge in [0.05, 0.1) is 10.5 Å². The molecule has 8 heteroatoms. The second-order valence-corrected chi connectivity index (χ2v) is 8.78. The molecule has 166 valence electrons. The molecule has 0 aliphatic rings. The molecule has 3 aromatic carbocycles. The van der Waals surface area contributed by atoms with Gasteiger partial charge in [-0.05, 0) is 47.9 Å². The van der Waals surface area contributed by atoms with Gasteiger partial charge in [0.25, 0.3) is 5.91 Å². The molecule has 2 N–H and O–H groups in total. The first kappa shape index (κ1) is 23.2. The van der Waals surface area contributed by atoms with E-state index in [1.165, 1.54) is 24.3 Å². The molecule has 0 atom stereocenters. The van der Waals surface area contributed by atoms with E-state index in [0.717, 1.165) is 17.5 Å². The van der Waals surface area contributed by atoms with Crippen molar-refractivity contribution in [3.05, 3.63) is 95.6 Å². The van der Waals surface area contributed by atoms with Gasteiger partial charge in [0.1, 0.15) is 0 Å². The molecule has 7 nitrogen and oxygen atoms in total. The summed E-state index contributed by atoms with van der Waals surface area (Å²) in [6.07, 6.45) is 0.891. The Morgan fingerprint density at radius 1 is 0.875 bits per heavy atom. The highest BCUT2D eigenvalue weighted by Gasteiger charge is 2.17. The van der Waals surface area contributed by atoms with E-state index in [4.69, 9.17) is 4.74 Å². The summed E-state index contributed by atoms with van der Waals surface area (Å²) in [6.45, 7) is 1.67. The summed E-state index contributed by atoms with van der Waals surface area (Å²) in [5.41, 5.74) is 2.58. The Morgan fingerprint density at radius 3 is 2.28 bits per heavy atom. The zero-order valence-corrected chi connectivity index (χ0v) is 18.4. The summed E-state index contributed by atoms with van der Waals surface area (Å²) >= 11 is 0. The second kappa shape index (κ2) is 10.7. The fourth-order valence-electron chi connectivity index (χ4n) is 2.88. The van der Waals surface area contributed by atoms with E-state index in [0.29, 0.717) is 5.69 Å². The third kappa shape index (κ3) is 6.50. The third-order valence-electron chi connectivity index (χ3n) is 4.67. The number of aryl methyl sites for hydroxylation is 1. The van der Waals surface area contributed by atoms with Crippen LogP contribution in [0.1, 0.15) is 28.4 Å². The van der Waals surface area contributed by atoms with Crippen molar-refractivity contribution in [3.63, 3.8) is 0 Å². The Morgan fingerprint density at radius 2 is 1.59 bits per heavy atom. The van der Waals surface area contributed by atoms with Gasteiger partial charge >= 0.3 is 5.97 Å². The predicted octanol–water partition coefficient (Wildman–Crippen LogP) is 3.52. The standard InChI is InChI=1S/C24H24N2O5S/c1-2-18-11-13-21(14-12-18)26-23(27)17-31-24(28)20-9-6-10-22(15-20)32(29,30)25-16-19-7-4-3-5-8-19/h3-15,25H,2,16-17H2,1H3,(H,26,27). The summed E-state index contributed by atoms with van der Waals surface area (Å²) in [4.78, 5) is 24.3. The van der Waals surface area contributed by atoms with Crippen LogP contribution in [0.2, 0.25) is 0 Å². The topological polar surface area (TPSA) is 102 Å². The number of hydrogen-bond donors (Lipinski definition) is 2. The van der Waals surface area contributed by atoms with Crippen molar-refractivity contribution >= 4 is 27.6 Å². The van der Waals surface area contributed by atoms with E-state index in [-0.39, 0.29) is 17.0 Å². The van der Waals surface area contributed by atoms with Crippen LogP contribution in [0.3, 0.4) is 0 Å². The van der Waals surface area contributed by atoms with Crippen molar-refractivity contribution in [2.75, 3.05) is 11.9 Å². The summed E-state index contributed by atoms with van der Waals surface area (Å²) in [7, 11) is -3.83. The van der Waals surface area contributed by atoms with Gasteiger partial charge in [0.15, 0.2) is 6.61 Å². The minimum absolute atomic E-state index is 0.0349. The van der Waals surface area contributed by atoms with Gasteiger partial charge in [-0.2, -0.15) is 0 Å². The lowest BCUT2D eigenvalue weighted by Crippen LogP contribution is -2.24. The van der Waals surface area contributed by atoms with Crippen LogP contribution in [0, 0.1) is 0 Å². The Hall–Kier alpha value is -3.49. The molecule has 3 aromatic rings. The fourth-order valence-corrected chi connectivity index (χ4v) is 3.95. The highest BCUT2D eigenvalue weighted by Crippen LogP contribution is 2.14. The first-order chi connectivity index (χ1) is 15.4. The molecule has 0 saturated carbocycles. The third-order valence-corrected chi connectivity index (χ3v) is 6.07. The smallest absolute Gasteiger partial charge is 0.338 e. The maximum absolute atomic E-state index is 12.6. The van der Waals surface area contributed by atoms with Crippen molar-refractivity contribution in [1.29, 1.82) is 0 Å². The summed E-state index contributed by atoms with van der Waals surface area (Å²) in [5, 5.41) is 2.65. The van der Waals surface area contributed by atoms with Crippen LogP contribution in [0.5, 0.6) is 0 Å². The van der Waals surface area contributed by atoms with Crippen LogP contribution < -0.4 is 10.0 Å². The van der Waals surface area contributed by atoms with E-state index in [9.17, 15) is 18.0 Å². The summed E-state index contributed by atoms with van der Waals surface area (Å²) in [5.74, 6) is -1.28. The van der Waals surface area contributed by atoms with E-state index in [2.05, 4.69) is 10.0 Å². The van der Waals surface area contributed by atoms with Crippen LogP contribution in [0.25, 0.3) is 0 Å². The average molecular weight is 453 g/mol. The predicted molar refractivity (Wildman–Crippen MR) is 122 cm³/mol. The molecular formula is C24H24N2O5S. The van der Waals surface area contributed by atoms with E-state index >= 15 is 0 Å². The number of hydrogen-bond acceptors (Lipinski definition) is 5. The maximum Gasteiger partial charge on any atom is 0.338 e. The molecule has 0 aliphatic carbocycles. The maximum atomic E-state index is 12.6. The van der Waals surface area contributed by atoms with Gasteiger partial charge in [-0.3, -0.25) is 4.79 Å². The van der Waals surface area contributed by atoms with Crippen molar-refractivity contribution < 1.29 is 22.7 Å². The van der Waals surface area contributed by atoms with Crippen LogP contribution in [-0.4, -0.2) is 26.9 Å². The molecule has 0 saturated heterocycles. The monoisotopic (exact) mass is 452 g/mol. The van der Waals surface area contributed by atoms with Gasteiger partial charge in [-0.25, -0.2) is 17.9 Å². The largest absolute Gasteiger partial charge is 0.452 e. The van der Waals surface area contributed by atoms with Crippen LogP contribution >= 0.6 is 0 Å². The molecule has 0 aliphatic heterocycles. The fraction of sp³-hybridized carbons (Fsp3) is 0.167. The van der Waals surface area contributed by atoms with E-state index < -0.39 is 28.5 Å². The summed E-state index contributed by atoms with van der Waals surface area (Å²) in [6, 6.07) is 21.9. The number of nitrogens with one attached hydrogen (secondary N) is 2. The first-order valence-corrected chi connectivity index (χ1v) is 11.6. The number of amides is 1. The summed E-state index contributed by atoms with van der Waals surface area (Å²) < 4.78 is 32.7. The molecule has 0 fully saturated rings. The number of sulfonamides is 1. The SMILES string of the molecule is CCc1ccc(NC(=O)COC(=O)c2cccc(S(=O)(=O)NCc3ccccc3)c2)cc1.